The molecule has 20 heavy (non-hydrogen) atoms. The van der Waals surface area contributed by atoms with Crippen molar-refractivity contribution < 1.29 is 4.79 Å². The number of anilines is 1. The standard InChI is InChI=1S/C15H10BrN2OS/c1-9(19)17-15-18-13-8-11(4-7-14(13)20-15)10-2-5-12(16)6-3-10/h2-7H,1H3,(H,17,18,19). The molecule has 0 aliphatic heterocycles. The van der Waals surface area contributed by atoms with Crippen molar-refractivity contribution in [3.8, 4) is 11.1 Å². The summed E-state index contributed by atoms with van der Waals surface area (Å²) in [6.07, 6.45) is 0. The summed E-state index contributed by atoms with van der Waals surface area (Å²) in [6, 6.07) is 15.4. The first-order valence-corrected chi connectivity index (χ1v) is 7.59. The van der Waals surface area contributed by atoms with Gasteiger partial charge in [-0.2, -0.15) is 0 Å². The lowest BCUT2D eigenvalue weighted by Crippen LogP contribution is -2.04. The third-order valence-corrected chi connectivity index (χ3v) is 4.21. The molecule has 0 aliphatic rings. The van der Waals surface area contributed by atoms with E-state index in [4.69, 9.17) is 0 Å². The first-order chi connectivity index (χ1) is 9.61. The summed E-state index contributed by atoms with van der Waals surface area (Å²) in [4.78, 5) is 15.4. The van der Waals surface area contributed by atoms with E-state index in [1.165, 1.54) is 18.3 Å². The van der Waals surface area contributed by atoms with Gasteiger partial charge in [-0.1, -0.05) is 45.5 Å². The van der Waals surface area contributed by atoms with Crippen LogP contribution in [0.5, 0.6) is 0 Å². The number of thiazole rings is 1. The molecule has 1 heterocycles. The van der Waals surface area contributed by atoms with Crippen molar-refractivity contribution in [2.24, 2.45) is 0 Å². The van der Waals surface area contributed by atoms with Crippen LogP contribution in [0.3, 0.4) is 0 Å². The third kappa shape index (κ3) is 2.73. The number of carbonyl (C=O) groups is 1. The van der Waals surface area contributed by atoms with Crippen LogP contribution in [0.2, 0.25) is 0 Å². The van der Waals surface area contributed by atoms with E-state index in [9.17, 15) is 4.79 Å². The number of aromatic nitrogens is 1. The molecule has 3 aromatic rings. The lowest BCUT2D eigenvalue weighted by Gasteiger charge is -2.00. The maximum absolute atomic E-state index is 11.1. The molecule has 0 bridgehead atoms. The van der Waals surface area contributed by atoms with Crippen LogP contribution in [0.4, 0.5) is 5.13 Å². The van der Waals surface area contributed by atoms with Crippen molar-refractivity contribution >= 4 is 48.5 Å². The molecule has 0 aliphatic carbocycles. The monoisotopic (exact) mass is 345 g/mol. The summed E-state index contributed by atoms with van der Waals surface area (Å²) in [7, 11) is 0. The number of nitrogens with zero attached hydrogens (tertiary/aromatic N) is 1. The molecule has 0 unspecified atom stereocenters. The summed E-state index contributed by atoms with van der Waals surface area (Å²) in [5, 5.41) is 3.31. The van der Waals surface area contributed by atoms with E-state index in [1.807, 2.05) is 36.4 Å². The predicted molar refractivity (Wildman–Crippen MR) is 85.9 cm³/mol. The van der Waals surface area contributed by atoms with Gasteiger partial charge in [0.1, 0.15) is 0 Å². The second-order valence-corrected chi connectivity index (χ2v) is 6.24. The van der Waals surface area contributed by atoms with Gasteiger partial charge in [0.25, 0.3) is 0 Å². The molecule has 0 atom stereocenters. The van der Waals surface area contributed by atoms with E-state index in [-0.39, 0.29) is 5.91 Å². The second-order valence-electron chi connectivity index (χ2n) is 4.29. The van der Waals surface area contributed by atoms with Gasteiger partial charge >= 0.3 is 0 Å². The molecule has 99 valence electrons. The minimum absolute atomic E-state index is 0.114. The van der Waals surface area contributed by atoms with Gasteiger partial charge in [-0.25, -0.2) is 4.98 Å². The molecule has 0 spiro atoms. The van der Waals surface area contributed by atoms with Crippen LogP contribution in [0.25, 0.3) is 21.3 Å². The average molecular weight is 346 g/mol. The molecule has 0 saturated heterocycles. The maximum atomic E-state index is 11.1. The van der Waals surface area contributed by atoms with Crippen LogP contribution in [-0.2, 0) is 4.79 Å². The summed E-state index contributed by atoms with van der Waals surface area (Å²) in [6.45, 7) is 1.48. The summed E-state index contributed by atoms with van der Waals surface area (Å²) in [5.74, 6) is -0.114. The number of hydrogen-bond acceptors (Lipinski definition) is 3. The van der Waals surface area contributed by atoms with E-state index < -0.39 is 0 Å². The number of rotatable bonds is 2. The van der Waals surface area contributed by atoms with Gasteiger partial charge in [-0.15, -0.1) is 0 Å². The zero-order chi connectivity index (χ0) is 14.1. The minimum Gasteiger partial charge on any atom is -0.302 e. The van der Waals surface area contributed by atoms with Crippen LogP contribution in [0.15, 0.2) is 40.9 Å². The van der Waals surface area contributed by atoms with E-state index in [0.717, 1.165) is 25.8 Å². The molecule has 5 heteroatoms. The fourth-order valence-electron chi connectivity index (χ4n) is 1.86. The maximum Gasteiger partial charge on any atom is 0.223 e. The highest BCUT2D eigenvalue weighted by atomic mass is 79.9. The Morgan fingerprint density at radius 1 is 1.25 bits per heavy atom. The van der Waals surface area contributed by atoms with Gasteiger partial charge in [0, 0.05) is 17.5 Å². The molecule has 1 radical (unpaired) electrons. The van der Waals surface area contributed by atoms with E-state index in [0.29, 0.717) is 5.13 Å². The number of halogens is 1. The topological polar surface area (TPSA) is 42.0 Å². The van der Waals surface area contributed by atoms with Crippen LogP contribution in [0.1, 0.15) is 6.92 Å². The molecule has 3 rings (SSSR count). The molecule has 0 fully saturated rings. The van der Waals surface area contributed by atoms with Crippen molar-refractivity contribution in [3.05, 3.63) is 46.9 Å². The van der Waals surface area contributed by atoms with E-state index >= 15 is 0 Å². The Morgan fingerprint density at radius 2 is 2.00 bits per heavy atom. The zero-order valence-corrected chi connectivity index (χ0v) is 13.0. The fourth-order valence-corrected chi connectivity index (χ4v) is 3.00. The molecule has 1 aromatic heterocycles. The Balaban J connectivity index is 2.01. The molecule has 3 nitrogen and oxygen atoms in total. The lowest BCUT2D eigenvalue weighted by molar-refractivity contribution is -0.114. The predicted octanol–water partition coefficient (Wildman–Crippen LogP) is 4.48. The van der Waals surface area contributed by atoms with Gasteiger partial charge in [0.05, 0.1) is 10.2 Å². The Bertz CT molecular complexity index is 780. The number of benzene rings is 2. The van der Waals surface area contributed by atoms with Crippen LogP contribution < -0.4 is 5.32 Å². The largest absolute Gasteiger partial charge is 0.302 e. The van der Waals surface area contributed by atoms with Crippen molar-refractivity contribution in [2.45, 2.75) is 6.92 Å². The highest BCUT2D eigenvalue weighted by Crippen LogP contribution is 2.30. The third-order valence-electron chi connectivity index (χ3n) is 2.75. The number of hydrogen-bond donors (Lipinski definition) is 1. The van der Waals surface area contributed by atoms with Crippen LogP contribution in [-0.4, -0.2) is 10.9 Å². The smallest absolute Gasteiger partial charge is 0.223 e. The molecule has 0 saturated carbocycles. The van der Waals surface area contributed by atoms with Gasteiger partial charge < -0.3 is 5.32 Å². The number of nitrogens with one attached hydrogen (secondary N) is 1. The molecular formula is C15H10BrN2OS. The normalized spacial score (nSPS) is 10.7. The molecular weight excluding hydrogens is 336 g/mol. The first kappa shape index (κ1) is 13.3. The van der Waals surface area contributed by atoms with Crippen molar-refractivity contribution in [1.29, 1.82) is 0 Å². The highest BCUT2D eigenvalue weighted by molar-refractivity contribution is 9.10. The fraction of sp³-hybridized carbons (Fsp3) is 0.0667. The van der Waals surface area contributed by atoms with Crippen molar-refractivity contribution in [3.63, 3.8) is 0 Å². The average Bonchev–Trinajstić information content (AvgIpc) is 2.79. The van der Waals surface area contributed by atoms with Crippen LogP contribution >= 0.6 is 27.3 Å². The van der Waals surface area contributed by atoms with E-state index in [2.05, 4.69) is 32.3 Å². The summed E-state index contributed by atoms with van der Waals surface area (Å²) < 4.78 is 2.05. The number of fused-ring (bicyclic) bond motifs is 1. The van der Waals surface area contributed by atoms with Gasteiger partial charge in [0.2, 0.25) is 5.91 Å². The van der Waals surface area contributed by atoms with Crippen LogP contribution in [0, 0.1) is 6.07 Å². The Hall–Kier alpha value is -1.72. The Labute approximate surface area is 128 Å². The SMILES string of the molecule is CC(=O)Nc1nc2[c]c(-c3ccc(Br)cc3)ccc2s1. The molecule has 1 N–H and O–H groups in total. The number of carbonyl (C=O) groups excluding carboxylic acids is 1. The quantitative estimate of drug-likeness (QED) is 0.743. The van der Waals surface area contributed by atoms with Gasteiger partial charge in [-0.05, 0) is 29.3 Å². The lowest BCUT2D eigenvalue weighted by atomic mass is 10.1. The summed E-state index contributed by atoms with van der Waals surface area (Å²) in [5.41, 5.74) is 2.85. The first-order valence-electron chi connectivity index (χ1n) is 5.98. The zero-order valence-electron chi connectivity index (χ0n) is 10.6. The Morgan fingerprint density at radius 3 is 2.70 bits per heavy atom. The van der Waals surface area contributed by atoms with E-state index in [1.54, 1.807) is 0 Å². The Kier molecular flexibility index (Phi) is 3.54. The molecule has 1 amide bonds. The summed E-state index contributed by atoms with van der Waals surface area (Å²) >= 11 is 4.87. The van der Waals surface area contributed by atoms with Crippen molar-refractivity contribution in [2.75, 3.05) is 5.32 Å². The van der Waals surface area contributed by atoms with Crippen molar-refractivity contribution in [1.82, 2.24) is 4.98 Å². The second kappa shape index (κ2) is 5.34. The minimum atomic E-state index is -0.114. The molecule has 2 aromatic carbocycles. The highest BCUT2D eigenvalue weighted by Gasteiger charge is 2.07. The van der Waals surface area contributed by atoms with Gasteiger partial charge in [-0.3, -0.25) is 4.79 Å². The number of amides is 1. The van der Waals surface area contributed by atoms with Gasteiger partial charge in [0.15, 0.2) is 5.13 Å².